The summed E-state index contributed by atoms with van der Waals surface area (Å²) in [6, 6.07) is 2.86. The second-order valence-electron chi connectivity index (χ2n) is 3.19. The van der Waals surface area contributed by atoms with E-state index in [0.29, 0.717) is 16.8 Å². The summed E-state index contributed by atoms with van der Waals surface area (Å²) in [5.74, 6) is 1.66. The van der Waals surface area contributed by atoms with Crippen molar-refractivity contribution in [2.45, 2.75) is 12.7 Å². The molecule has 3 nitrogen and oxygen atoms in total. The van der Waals surface area contributed by atoms with Crippen LogP contribution in [0.25, 0.3) is 0 Å². The molecule has 80 valence electrons. The number of rotatable bonds is 2. The molecule has 0 aromatic heterocycles. The molecular weight excluding hydrogens is 217 g/mol. The average Bonchev–Trinajstić information content (AvgIpc) is 2.08. The maximum atomic E-state index is 12.4. The fourth-order valence-electron chi connectivity index (χ4n) is 1.23. The Balaban J connectivity index is 3.25. The molecule has 0 radical (unpaired) electrons. The molecule has 0 saturated carbocycles. The summed E-state index contributed by atoms with van der Waals surface area (Å²) >= 11 is 0. The monoisotopic (exact) mass is 227 g/mol. The van der Waals surface area contributed by atoms with E-state index >= 15 is 0 Å². The molecule has 1 aromatic rings. The molecule has 1 aromatic carbocycles. The summed E-state index contributed by atoms with van der Waals surface area (Å²) in [5, 5.41) is 0. The largest absolute Gasteiger partial charge is 0.398 e. The van der Waals surface area contributed by atoms with Crippen LogP contribution in [0.15, 0.2) is 12.1 Å². The van der Waals surface area contributed by atoms with Gasteiger partial charge in [-0.1, -0.05) is 5.92 Å². The van der Waals surface area contributed by atoms with Gasteiger partial charge in [0.05, 0.1) is 0 Å². The van der Waals surface area contributed by atoms with Crippen LogP contribution in [0.1, 0.15) is 16.7 Å². The van der Waals surface area contributed by atoms with Gasteiger partial charge in [0.15, 0.2) is 0 Å². The molecule has 2 N–H and O–H groups in total. The van der Waals surface area contributed by atoms with Gasteiger partial charge < -0.3 is 5.73 Å². The molecule has 0 bridgehead atoms. The van der Waals surface area contributed by atoms with Gasteiger partial charge in [0.1, 0.15) is 5.75 Å². The molecule has 0 aliphatic heterocycles. The topological polar surface area (TPSA) is 60.2 Å². The SMILES string of the molecule is C#Cc1cc(CS(=O)(=O)F)cc(N)c1C. The van der Waals surface area contributed by atoms with Crippen LogP contribution in [0, 0.1) is 19.3 Å². The third-order valence-electron chi connectivity index (χ3n) is 2.00. The number of nitrogens with two attached hydrogens (primary N) is 1. The molecule has 1 rings (SSSR count). The number of hydrogen-bond acceptors (Lipinski definition) is 3. The van der Waals surface area contributed by atoms with Gasteiger partial charge in [-0.25, -0.2) is 0 Å². The lowest BCUT2D eigenvalue weighted by Crippen LogP contribution is -2.00. The van der Waals surface area contributed by atoms with Gasteiger partial charge in [-0.15, -0.1) is 10.3 Å². The Bertz CT molecular complexity index is 529. The zero-order chi connectivity index (χ0) is 11.6. The molecule has 0 heterocycles. The van der Waals surface area contributed by atoms with Gasteiger partial charge in [-0.05, 0) is 30.2 Å². The molecule has 0 aliphatic rings. The minimum Gasteiger partial charge on any atom is -0.398 e. The number of halogens is 1. The highest BCUT2D eigenvalue weighted by molar-refractivity contribution is 7.85. The number of nitrogen functional groups attached to an aromatic ring is 1. The molecule has 0 atom stereocenters. The quantitative estimate of drug-likeness (QED) is 0.471. The third kappa shape index (κ3) is 2.96. The van der Waals surface area contributed by atoms with E-state index in [4.69, 9.17) is 12.2 Å². The second kappa shape index (κ2) is 3.91. The molecule has 5 heteroatoms. The smallest absolute Gasteiger partial charge is 0.306 e. The van der Waals surface area contributed by atoms with E-state index in [0.717, 1.165) is 0 Å². The Hall–Kier alpha value is -1.54. The highest BCUT2D eigenvalue weighted by Gasteiger charge is 2.11. The zero-order valence-electron chi connectivity index (χ0n) is 8.12. The normalized spacial score (nSPS) is 11.0. The van der Waals surface area contributed by atoms with Gasteiger partial charge in [-0.2, -0.15) is 8.42 Å². The first-order valence-corrected chi connectivity index (χ1v) is 5.66. The summed E-state index contributed by atoms with van der Waals surface area (Å²) in [7, 11) is -4.56. The van der Waals surface area contributed by atoms with Gasteiger partial charge in [0.2, 0.25) is 0 Å². The average molecular weight is 227 g/mol. The Morgan fingerprint density at radius 2 is 2.13 bits per heavy atom. The summed E-state index contributed by atoms with van der Waals surface area (Å²) in [6.07, 6.45) is 5.20. The van der Waals surface area contributed by atoms with Crippen molar-refractivity contribution in [2.24, 2.45) is 0 Å². The lowest BCUT2D eigenvalue weighted by atomic mass is 10.0. The predicted octanol–water partition coefficient (Wildman–Crippen LogP) is 1.36. The number of hydrogen-bond donors (Lipinski definition) is 1. The second-order valence-corrected chi connectivity index (χ2v) is 4.55. The summed E-state index contributed by atoms with van der Waals surface area (Å²) in [4.78, 5) is 0. The maximum absolute atomic E-state index is 12.4. The van der Waals surface area contributed by atoms with Crippen LogP contribution < -0.4 is 5.73 Å². The Kier molecular flexibility index (Phi) is 3.01. The van der Waals surface area contributed by atoms with E-state index in [1.165, 1.54) is 12.1 Å². The molecule has 0 spiro atoms. The van der Waals surface area contributed by atoms with Crippen LogP contribution >= 0.6 is 0 Å². The minimum absolute atomic E-state index is 0.258. The van der Waals surface area contributed by atoms with Crippen LogP contribution in [-0.4, -0.2) is 8.42 Å². The predicted molar refractivity (Wildman–Crippen MR) is 57.3 cm³/mol. The lowest BCUT2D eigenvalue weighted by Gasteiger charge is -2.06. The minimum atomic E-state index is -4.56. The first-order chi connectivity index (χ1) is 6.83. The van der Waals surface area contributed by atoms with Crippen molar-refractivity contribution in [3.05, 3.63) is 28.8 Å². The summed E-state index contributed by atoms with van der Waals surface area (Å²) in [6.45, 7) is 1.72. The van der Waals surface area contributed by atoms with Crippen molar-refractivity contribution in [3.8, 4) is 12.3 Å². The zero-order valence-corrected chi connectivity index (χ0v) is 8.94. The van der Waals surface area contributed by atoms with Crippen molar-refractivity contribution in [2.75, 3.05) is 5.73 Å². The fraction of sp³-hybridized carbons (Fsp3) is 0.200. The van der Waals surface area contributed by atoms with Crippen molar-refractivity contribution >= 4 is 15.9 Å². The van der Waals surface area contributed by atoms with Crippen molar-refractivity contribution < 1.29 is 12.3 Å². The van der Waals surface area contributed by atoms with Crippen LogP contribution in [0.4, 0.5) is 9.57 Å². The fourth-order valence-corrected chi connectivity index (χ4v) is 1.80. The van der Waals surface area contributed by atoms with Gasteiger partial charge in [-0.3, -0.25) is 0 Å². The molecule has 0 amide bonds. The van der Waals surface area contributed by atoms with E-state index < -0.39 is 16.0 Å². The van der Waals surface area contributed by atoms with E-state index in [1.54, 1.807) is 6.92 Å². The van der Waals surface area contributed by atoms with Crippen molar-refractivity contribution in [1.29, 1.82) is 0 Å². The standard InChI is InChI=1S/C10H10FNO2S/c1-3-9-4-8(6-15(11,13)14)5-10(12)7(9)2/h1,4-5H,6,12H2,2H3. The van der Waals surface area contributed by atoms with Gasteiger partial charge in [0.25, 0.3) is 0 Å². The highest BCUT2D eigenvalue weighted by Crippen LogP contribution is 2.20. The highest BCUT2D eigenvalue weighted by atomic mass is 32.3. The molecule has 0 aliphatic carbocycles. The number of benzene rings is 1. The van der Waals surface area contributed by atoms with E-state index in [-0.39, 0.29) is 5.56 Å². The molecule has 0 saturated heterocycles. The Labute approximate surface area is 88.3 Å². The van der Waals surface area contributed by atoms with Crippen LogP contribution in [0.5, 0.6) is 0 Å². The Morgan fingerprint density at radius 1 is 1.53 bits per heavy atom. The van der Waals surface area contributed by atoms with E-state index in [9.17, 15) is 12.3 Å². The van der Waals surface area contributed by atoms with Gasteiger partial charge in [0, 0.05) is 11.3 Å². The number of terminal acetylenes is 1. The Morgan fingerprint density at radius 3 is 2.60 bits per heavy atom. The molecule has 15 heavy (non-hydrogen) atoms. The van der Waals surface area contributed by atoms with E-state index in [1.807, 2.05) is 0 Å². The van der Waals surface area contributed by atoms with Crippen LogP contribution in [0.2, 0.25) is 0 Å². The van der Waals surface area contributed by atoms with Crippen molar-refractivity contribution in [1.82, 2.24) is 0 Å². The van der Waals surface area contributed by atoms with Gasteiger partial charge >= 0.3 is 10.2 Å². The first kappa shape index (κ1) is 11.5. The number of anilines is 1. The van der Waals surface area contributed by atoms with Crippen LogP contribution in [-0.2, 0) is 16.0 Å². The maximum Gasteiger partial charge on any atom is 0.306 e. The molecule has 0 fully saturated rings. The van der Waals surface area contributed by atoms with E-state index in [2.05, 4.69) is 5.92 Å². The molecule has 0 unspecified atom stereocenters. The van der Waals surface area contributed by atoms with Crippen LogP contribution in [0.3, 0.4) is 0 Å². The molecular formula is C10H10FNO2S. The van der Waals surface area contributed by atoms with Crippen molar-refractivity contribution in [3.63, 3.8) is 0 Å². The first-order valence-electron chi connectivity index (χ1n) is 4.11. The lowest BCUT2D eigenvalue weighted by molar-refractivity contribution is 0.551. The summed E-state index contributed by atoms with van der Waals surface area (Å²) in [5.41, 5.74) is 7.40. The third-order valence-corrected chi connectivity index (χ3v) is 2.68. The summed E-state index contributed by atoms with van der Waals surface area (Å²) < 4.78 is 33.3.